The van der Waals surface area contributed by atoms with Crippen LogP contribution in [0.3, 0.4) is 0 Å². The van der Waals surface area contributed by atoms with Crippen LogP contribution in [0.4, 0.5) is 0 Å². The van der Waals surface area contributed by atoms with Crippen LogP contribution in [0.15, 0.2) is 22.8 Å². The van der Waals surface area contributed by atoms with E-state index >= 15 is 0 Å². The first kappa shape index (κ1) is 7.80. The number of nitrogens with zero attached hydrogens (tertiary/aromatic N) is 2. The molecule has 3 heteroatoms. The number of hydrogen-bond donors (Lipinski definition) is 0. The molecule has 0 aliphatic rings. The lowest BCUT2D eigenvalue weighted by Gasteiger charge is -1.98. The number of rotatable bonds is 0. The van der Waals surface area contributed by atoms with E-state index in [1.165, 1.54) is 5.39 Å². The molecule has 0 saturated carbocycles. The third-order valence-electron chi connectivity index (χ3n) is 1.91. The minimum atomic E-state index is 1.03. The van der Waals surface area contributed by atoms with Gasteiger partial charge < -0.3 is 4.57 Å². The van der Waals surface area contributed by atoms with E-state index in [0.29, 0.717) is 0 Å². The number of hydrogen-bond acceptors (Lipinski definition) is 1. The SMILES string of the molecule is Cc1cc(Br)c2ccn(C)c2n1. The number of halogens is 1. The normalized spacial score (nSPS) is 10.9. The fourth-order valence-electron chi connectivity index (χ4n) is 1.31. The maximum absolute atomic E-state index is 4.43. The predicted molar refractivity (Wildman–Crippen MR) is 53.2 cm³/mol. The molecular weight excluding hydrogens is 216 g/mol. The summed E-state index contributed by atoms with van der Waals surface area (Å²) >= 11 is 3.51. The summed E-state index contributed by atoms with van der Waals surface area (Å²) in [5, 5.41) is 1.17. The Labute approximate surface area is 79.3 Å². The quantitative estimate of drug-likeness (QED) is 0.673. The van der Waals surface area contributed by atoms with Gasteiger partial charge in [-0.05, 0) is 35.0 Å². The molecule has 0 aromatic carbocycles. The lowest BCUT2D eigenvalue weighted by atomic mass is 10.3. The summed E-state index contributed by atoms with van der Waals surface area (Å²) < 4.78 is 3.14. The molecule has 12 heavy (non-hydrogen) atoms. The monoisotopic (exact) mass is 224 g/mol. The molecule has 0 amide bonds. The van der Waals surface area contributed by atoms with E-state index in [9.17, 15) is 0 Å². The van der Waals surface area contributed by atoms with Gasteiger partial charge in [-0.25, -0.2) is 4.98 Å². The van der Waals surface area contributed by atoms with E-state index in [0.717, 1.165) is 15.8 Å². The Hall–Kier alpha value is -0.830. The Morgan fingerprint density at radius 1 is 1.50 bits per heavy atom. The second-order valence-corrected chi connectivity index (χ2v) is 3.76. The summed E-state index contributed by atoms with van der Waals surface area (Å²) in [6, 6.07) is 4.09. The maximum atomic E-state index is 4.43. The molecular formula is C9H9BrN2. The van der Waals surface area contributed by atoms with Gasteiger partial charge in [0.05, 0.1) is 0 Å². The molecule has 2 nitrogen and oxygen atoms in total. The topological polar surface area (TPSA) is 17.8 Å². The first-order chi connectivity index (χ1) is 5.68. The van der Waals surface area contributed by atoms with Crippen molar-refractivity contribution < 1.29 is 0 Å². The van der Waals surface area contributed by atoms with Crippen LogP contribution in [0.5, 0.6) is 0 Å². The van der Waals surface area contributed by atoms with Crippen molar-refractivity contribution in [1.29, 1.82) is 0 Å². The first-order valence-corrected chi connectivity index (χ1v) is 4.56. The standard InChI is InChI=1S/C9H9BrN2/c1-6-5-8(10)7-3-4-12(2)9(7)11-6/h3-5H,1-2H3. The van der Waals surface area contributed by atoms with E-state index in [4.69, 9.17) is 0 Å². The third kappa shape index (κ3) is 1.05. The van der Waals surface area contributed by atoms with Crippen molar-refractivity contribution in [1.82, 2.24) is 9.55 Å². The van der Waals surface area contributed by atoms with Crippen LogP contribution in [0.25, 0.3) is 11.0 Å². The first-order valence-electron chi connectivity index (χ1n) is 3.76. The van der Waals surface area contributed by atoms with Crippen LogP contribution in [0, 0.1) is 6.92 Å². The molecule has 0 atom stereocenters. The van der Waals surface area contributed by atoms with Crippen LogP contribution in [-0.4, -0.2) is 9.55 Å². The van der Waals surface area contributed by atoms with E-state index < -0.39 is 0 Å². The minimum absolute atomic E-state index is 1.03. The molecule has 0 aliphatic heterocycles. The lowest BCUT2D eigenvalue weighted by Crippen LogP contribution is -1.89. The van der Waals surface area contributed by atoms with Gasteiger partial charge in [0.25, 0.3) is 0 Å². The Morgan fingerprint density at radius 3 is 3.00 bits per heavy atom. The van der Waals surface area contributed by atoms with Gasteiger partial charge in [-0.2, -0.15) is 0 Å². The van der Waals surface area contributed by atoms with Crippen molar-refractivity contribution in [3.8, 4) is 0 Å². The van der Waals surface area contributed by atoms with E-state index in [2.05, 4.69) is 27.0 Å². The molecule has 0 fully saturated rings. The Kier molecular flexibility index (Phi) is 1.68. The number of pyridine rings is 1. The van der Waals surface area contributed by atoms with Crippen molar-refractivity contribution >= 4 is 27.0 Å². The summed E-state index contributed by atoms with van der Waals surface area (Å²) in [4.78, 5) is 4.43. The summed E-state index contributed by atoms with van der Waals surface area (Å²) in [6.07, 6.45) is 2.02. The molecule has 2 heterocycles. The summed E-state index contributed by atoms with van der Waals surface area (Å²) in [5.74, 6) is 0. The van der Waals surface area contributed by atoms with Gasteiger partial charge in [0.1, 0.15) is 5.65 Å². The van der Waals surface area contributed by atoms with Gasteiger partial charge in [0.15, 0.2) is 0 Å². The minimum Gasteiger partial charge on any atom is -0.336 e. The maximum Gasteiger partial charge on any atom is 0.141 e. The van der Waals surface area contributed by atoms with Crippen molar-refractivity contribution in [2.45, 2.75) is 6.92 Å². The van der Waals surface area contributed by atoms with Gasteiger partial charge in [0, 0.05) is 28.8 Å². The summed E-state index contributed by atoms with van der Waals surface area (Å²) in [6.45, 7) is 2.00. The van der Waals surface area contributed by atoms with E-state index in [1.54, 1.807) is 0 Å². The average molecular weight is 225 g/mol. The molecule has 0 bridgehead atoms. The molecule has 0 saturated heterocycles. The highest BCUT2D eigenvalue weighted by atomic mass is 79.9. The third-order valence-corrected chi connectivity index (χ3v) is 2.57. The zero-order valence-corrected chi connectivity index (χ0v) is 8.59. The van der Waals surface area contributed by atoms with E-state index in [1.807, 2.05) is 30.8 Å². The van der Waals surface area contributed by atoms with Crippen LogP contribution in [0.2, 0.25) is 0 Å². The van der Waals surface area contributed by atoms with Crippen LogP contribution < -0.4 is 0 Å². The predicted octanol–water partition coefficient (Wildman–Crippen LogP) is 2.64. The Morgan fingerprint density at radius 2 is 2.25 bits per heavy atom. The lowest BCUT2D eigenvalue weighted by molar-refractivity contribution is 0.943. The van der Waals surface area contributed by atoms with Crippen molar-refractivity contribution in [2.75, 3.05) is 0 Å². The average Bonchev–Trinajstić information content (AvgIpc) is 2.33. The molecule has 0 radical (unpaired) electrons. The zero-order valence-electron chi connectivity index (χ0n) is 7.00. The Bertz CT molecular complexity index is 431. The highest BCUT2D eigenvalue weighted by molar-refractivity contribution is 9.10. The highest BCUT2D eigenvalue weighted by Crippen LogP contribution is 2.23. The molecule has 0 aliphatic carbocycles. The largest absolute Gasteiger partial charge is 0.336 e. The molecule has 62 valence electrons. The molecule has 0 unspecified atom stereocenters. The summed E-state index contributed by atoms with van der Waals surface area (Å²) in [5.41, 5.74) is 2.07. The van der Waals surface area contributed by atoms with Gasteiger partial charge in [-0.1, -0.05) is 0 Å². The number of fused-ring (bicyclic) bond motifs is 1. The molecule has 0 N–H and O–H groups in total. The second-order valence-electron chi connectivity index (χ2n) is 2.91. The van der Waals surface area contributed by atoms with Gasteiger partial charge in [0.2, 0.25) is 0 Å². The Balaban J connectivity index is 2.92. The molecule has 2 rings (SSSR count). The van der Waals surface area contributed by atoms with Crippen LogP contribution >= 0.6 is 15.9 Å². The smallest absolute Gasteiger partial charge is 0.141 e. The van der Waals surface area contributed by atoms with Crippen molar-refractivity contribution in [3.05, 3.63) is 28.5 Å². The summed E-state index contributed by atoms with van der Waals surface area (Å²) in [7, 11) is 2.00. The molecule has 0 spiro atoms. The van der Waals surface area contributed by atoms with Crippen LogP contribution in [0.1, 0.15) is 5.69 Å². The van der Waals surface area contributed by atoms with E-state index in [-0.39, 0.29) is 0 Å². The fraction of sp³-hybridized carbons (Fsp3) is 0.222. The molecule has 2 aromatic heterocycles. The fourth-order valence-corrected chi connectivity index (χ4v) is 1.95. The van der Waals surface area contributed by atoms with Crippen molar-refractivity contribution in [3.63, 3.8) is 0 Å². The van der Waals surface area contributed by atoms with Gasteiger partial charge >= 0.3 is 0 Å². The number of aromatic nitrogens is 2. The van der Waals surface area contributed by atoms with Gasteiger partial charge in [-0.15, -0.1) is 0 Å². The second kappa shape index (κ2) is 2.59. The van der Waals surface area contributed by atoms with Gasteiger partial charge in [-0.3, -0.25) is 0 Å². The highest BCUT2D eigenvalue weighted by Gasteiger charge is 2.03. The van der Waals surface area contributed by atoms with Crippen molar-refractivity contribution in [2.24, 2.45) is 7.05 Å². The number of aryl methyl sites for hydroxylation is 2. The zero-order chi connectivity index (χ0) is 8.72. The molecule has 2 aromatic rings. The van der Waals surface area contributed by atoms with Crippen LogP contribution in [-0.2, 0) is 7.05 Å².